The van der Waals surface area contributed by atoms with Crippen LogP contribution in [0.3, 0.4) is 0 Å². The van der Waals surface area contributed by atoms with E-state index in [1.807, 2.05) is 36.4 Å². The number of aromatic nitrogens is 1. The minimum Gasteiger partial charge on any atom is -0.502 e. The van der Waals surface area contributed by atoms with E-state index in [-0.39, 0.29) is 11.3 Å². The molecule has 7 nitrogen and oxygen atoms in total. The molecule has 0 saturated carbocycles. The molecule has 5 rings (SSSR count). The predicted octanol–water partition coefficient (Wildman–Crippen LogP) is 8.62. The van der Waals surface area contributed by atoms with E-state index in [4.69, 9.17) is 16.0 Å². The Hall–Kier alpha value is -4.49. The van der Waals surface area contributed by atoms with Crippen molar-refractivity contribution in [2.24, 2.45) is 4.99 Å². The number of nitro groups is 1. The number of hydrogen-bond donors (Lipinski definition) is 1. The number of aromatic hydroxyl groups is 1. The fourth-order valence-electron chi connectivity index (χ4n) is 4.35. The van der Waals surface area contributed by atoms with E-state index in [1.54, 1.807) is 24.3 Å². The highest BCUT2D eigenvalue weighted by Gasteiger charge is 2.19. The molecule has 1 N–H and O–H groups in total. The molecule has 8 heteroatoms. The van der Waals surface area contributed by atoms with Crippen LogP contribution in [0.1, 0.15) is 48.4 Å². The lowest BCUT2D eigenvalue weighted by Crippen LogP contribution is -1.97. The smallest absolute Gasteiger partial charge is 0.311 e. The minimum absolute atomic E-state index is 0.242. The maximum Gasteiger partial charge on any atom is 0.311 e. The quantitative estimate of drug-likeness (QED) is 0.121. The molecule has 0 amide bonds. The highest BCUT2D eigenvalue weighted by Crippen LogP contribution is 2.33. The first-order valence-corrected chi connectivity index (χ1v) is 13.0. The van der Waals surface area contributed by atoms with Crippen LogP contribution < -0.4 is 0 Å². The van der Waals surface area contributed by atoms with Gasteiger partial charge in [-0.05, 0) is 84.0 Å². The lowest BCUT2D eigenvalue weighted by Gasteiger charge is -2.08. The molecule has 0 aliphatic rings. The Balaban J connectivity index is 1.40. The number of oxazole rings is 1. The van der Waals surface area contributed by atoms with Crippen molar-refractivity contribution in [3.63, 3.8) is 0 Å². The third-order valence-electron chi connectivity index (χ3n) is 6.79. The fourth-order valence-corrected chi connectivity index (χ4v) is 4.55. The van der Waals surface area contributed by atoms with Crippen LogP contribution in [0.5, 0.6) is 5.75 Å². The van der Waals surface area contributed by atoms with Gasteiger partial charge in [-0.3, -0.25) is 15.1 Å². The van der Waals surface area contributed by atoms with Crippen LogP contribution >= 0.6 is 11.6 Å². The molecule has 1 heterocycles. The molecule has 1 atom stereocenters. The van der Waals surface area contributed by atoms with Gasteiger partial charge in [0.25, 0.3) is 0 Å². The molecule has 0 fully saturated rings. The number of fused-ring (bicyclic) bond motifs is 1. The average Bonchev–Trinajstić information content (AvgIpc) is 3.37. The average molecular weight is 540 g/mol. The van der Waals surface area contributed by atoms with Crippen LogP contribution in [0.4, 0.5) is 11.4 Å². The Kier molecular flexibility index (Phi) is 7.43. The summed E-state index contributed by atoms with van der Waals surface area (Å²) in [6.07, 6.45) is 2.85. The van der Waals surface area contributed by atoms with Gasteiger partial charge in [0.05, 0.1) is 10.6 Å². The summed E-state index contributed by atoms with van der Waals surface area (Å²) < 4.78 is 5.96. The number of rotatable bonds is 8. The van der Waals surface area contributed by atoms with E-state index in [0.717, 1.165) is 28.6 Å². The van der Waals surface area contributed by atoms with E-state index < -0.39 is 10.7 Å². The molecular weight excluding hydrogens is 514 g/mol. The lowest BCUT2D eigenvalue weighted by atomic mass is 9.98. The topological polar surface area (TPSA) is 102 Å². The Bertz CT molecular complexity index is 1690. The van der Waals surface area contributed by atoms with Gasteiger partial charge < -0.3 is 9.52 Å². The summed E-state index contributed by atoms with van der Waals surface area (Å²) in [6, 6.07) is 23.7. The van der Waals surface area contributed by atoms with E-state index in [1.165, 1.54) is 17.8 Å². The van der Waals surface area contributed by atoms with Gasteiger partial charge >= 0.3 is 5.69 Å². The molecule has 0 unspecified atom stereocenters. The zero-order valence-corrected chi connectivity index (χ0v) is 22.2. The molecule has 0 aliphatic carbocycles. The Labute approximate surface area is 230 Å². The second-order valence-electron chi connectivity index (χ2n) is 9.44. The number of hydrogen-bond acceptors (Lipinski definition) is 6. The molecule has 0 bridgehead atoms. The zero-order valence-electron chi connectivity index (χ0n) is 21.5. The van der Waals surface area contributed by atoms with Crippen LogP contribution in [0.25, 0.3) is 22.6 Å². The van der Waals surface area contributed by atoms with Gasteiger partial charge in [-0.15, -0.1) is 0 Å². The van der Waals surface area contributed by atoms with Crippen LogP contribution in [0, 0.1) is 10.1 Å². The van der Waals surface area contributed by atoms with Gasteiger partial charge in [0.1, 0.15) is 5.52 Å². The van der Waals surface area contributed by atoms with Crippen molar-refractivity contribution in [3.8, 4) is 17.2 Å². The molecule has 1 aromatic heterocycles. The third kappa shape index (κ3) is 5.68. The SMILES string of the molecule is CC[C@@H](C)c1ccc2oc(-c3ccc(N=Cc4cc(Cc5ccccc5Cl)cc([N+](=O)[O-])c4O)cc3)nc2c1. The molecule has 39 heavy (non-hydrogen) atoms. The maximum absolute atomic E-state index is 11.6. The highest BCUT2D eigenvalue weighted by molar-refractivity contribution is 6.31. The van der Waals surface area contributed by atoms with Gasteiger partial charge in [0, 0.05) is 28.4 Å². The van der Waals surface area contributed by atoms with Gasteiger partial charge in [-0.25, -0.2) is 4.98 Å². The molecule has 5 aromatic rings. The van der Waals surface area contributed by atoms with Gasteiger partial charge in [0.2, 0.25) is 11.6 Å². The standard InChI is InChI=1S/C31H26ClN3O4/c1-3-19(2)22-10-13-29-27(17-22)34-31(39-29)21-8-11-25(12-9-21)33-18-24-15-20(16-28(30(24)36)35(37)38)14-23-6-4-5-7-26(23)32/h4-13,15-19,36H,3,14H2,1-2H3/t19-/m1/s1. The number of nitro benzene ring substituents is 1. The number of aliphatic imine (C=N–C) groups is 1. The van der Waals surface area contributed by atoms with Gasteiger partial charge in [0.15, 0.2) is 5.58 Å². The largest absolute Gasteiger partial charge is 0.502 e. The lowest BCUT2D eigenvalue weighted by molar-refractivity contribution is -0.385. The number of halogens is 1. The minimum atomic E-state index is -0.607. The van der Waals surface area contributed by atoms with Crippen molar-refractivity contribution >= 4 is 40.3 Å². The summed E-state index contributed by atoms with van der Waals surface area (Å²) in [7, 11) is 0. The Morgan fingerprint density at radius 3 is 2.59 bits per heavy atom. The summed E-state index contributed by atoms with van der Waals surface area (Å²) in [4.78, 5) is 20.1. The van der Waals surface area contributed by atoms with Crippen LogP contribution in [-0.2, 0) is 6.42 Å². The van der Waals surface area contributed by atoms with E-state index >= 15 is 0 Å². The summed E-state index contributed by atoms with van der Waals surface area (Å²) in [5, 5.41) is 22.7. The molecule has 0 spiro atoms. The monoisotopic (exact) mass is 539 g/mol. The van der Waals surface area contributed by atoms with Crippen molar-refractivity contribution in [1.29, 1.82) is 0 Å². The molecule has 0 radical (unpaired) electrons. The van der Waals surface area contributed by atoms with Crippen molar-refractivity contribution < 1.29 is 14.4 Å². The number of phenolic OH excluding ortho intramolecular Hbond substituents is 1. The van der Waals surface area contributed by atoms with Crippen LogP contribution in [-0.4, -0.2) is 21.2 Å². The maximum atomic E-state index is 11.6. The Morgan fingerprint density at radius 2 is 1.87 bits per heavy atom. The fraction of sp³-hybridized carbons (Fsp3) is 0.161. The first-order chi connectivity index (χ1) is 18.8. The zero-order chi connectivity index (χ0) is 27.5. The molecular formula is C31H26ClN3O4. The van der Waals surface area contributed by atoms with E-state index in [2.05, 4.69) is 36.0 Å². The highest BCUT2D eigenvalue weighted by atomic mass is 35.5. The number of benzene rings is 4. The summed E-state index contributed by atoms with van der Waals surface area (Å²) >= 11 is 6.27. The Morgan fingerprint density at radius 1 is 1.10 bits per heavy atom. The third-order valence-corrected chi connectivity index (χ3v) is 7.16. The molecule has 4 aromatic carbocycles. The van der Waals surface area contributed by atoms with Crippen molar-refractivity contribution in [2.45, 2.75) is 32.6 Å². The van der Waals surface area contributed by atoms with Gasteiger partial charge in [-0.1, -0.05) is 49.7 Å². The van der Waals surface area contributed by atoms with Crippen molar-refractivity contribution in [1.82, 2.24) is 4.98 Å². The first kappa shape index (κ1) is 26.1. The molecule has 0 saturated heterocycles. The number of phenols is 1. The normalized spacial score (nSPS) is 12.3. The summed E-state index contributed by atoms with van der Waals surface area (Å²) in [6.45, 7) is 4.35. The first-order valence-electron chi connectivity index (χ1n) is 12.6. The second kappa shape index (κ2) is 11.1. The van der Waals surface area contributed by atoms with E-state index in [0.29, 0.717) is 34.5 Å². The van der Waals surface area contributed by atoms with Crippen LogP contribution in [0.2, 0.25) is 5.02 Å². The summed E-state index contributed by atoms with van der Waals surface area (Å²) in [5.74, 6) is 0.526. The predicted molar refractivity (Wildman–Crippen MR) is 154 cm³/mol. The molecule has 0 aliphatic heterocycles. The van der Waals surface area contributed by atoms with Gasteiger partial charge in [-0.2, -0.15) is 0 Å². The van der Waals surface area contributed by atoms with Crippen molar-refractivity contribution in [2.75, 3.05) is 0 Å². The molecule has 196 valence electrons. The summed E-state index contributed by atoms with van der Waals surface area (Å²) in [5.41, 5.74) is 5.50. The number of nitrogens with zero attached hydrogens (tertiary/aromatic N) is 3. The van der Waals surface area contributed by atoms with Crippen molar-refractivity contribution in [3.05, 3.63) is 116 Å². The van der Waals surface area contributed by atoms with E-state index in [9.17, 15) is 15.2 Å². The van der Waals surface area contributed by atoms with Crippen LogP contribution in [0.15, 0.2) is 88.3 Å². The second-order valence-corrected chi connectivity index (χ2v) is 9.85.